The van der Waals surface area contributed by atoms with Crippen molar-refractivity contribution in [1.29, 1.82) is 0 Å². The van der Waals surface area contributed by atoms with Crippen molar-refractivity contribution in [2.24, 2.45) is 0 Å². The van der Waals surface area contributed by atoms with Crippen LogP contribution in [-0.4, -0.2) is 22.3 Å². The molecule has 0 aromatic heterocycles. The lowest BCUT2D eigenvalue weighted by Crippen LogP contribution is -2.43. The lowest BCUT2D eigenvalue weighted by Gasteiger charge is -2.29. The maximum atomic E-state index is 12.0. The van der Waals surface area contributed by atoms with Crippen LogP contribution < -0.4 is 0 Å². The van der Waals surface area contributed by atoms with Crippen LogP contribution in [0.2, 0.25) is 0 Å². The highest BCUT2D eigenvalue weighted by Crippen LogP contribution is 2.29. The summed E-state index contributed by atoms with van der Waals surface area (Å²) in [6.45, 7) is 0. The van der Waals surface area contributed by atoms with Gasteiger partial charge in [0, 0.05) is 18.4 Å². The molecule has 1 aliphatic rings. The lowest BCUT2D eigenvalue weighted by molar-refractivity contribution is -0.140. The van der Waals surface area contributed by atoms with Gasteiger partial charge in [-0.15, -0.1) is 0 Å². The number of rotatable bonds is 3. The molecule has 0 spiro atoms. The second-order valence-corrected chi connectivity index (χ2v) is 4.63. The van der Waals surface area contributed by atoms with E-state index in [4.69, 9.17) is 0 Å². The number of hydrogen-bond acceptors (Lipinski definition) is 3. The average Bonchev–Trinajstić information content (AvgIpc) is 2.34. The molecule has 17 heavy (non-hydrogen) atoms. The summed E-state index contributed by atoms with van der Waals surface area (Å²) in [6.07, 6.45) is 2.34. The SMILES string of the molecule is O=C(CC1(O)CCCCC1=O)c1ccccc1. The van der Waals surface area contributed by atoms with Crippen molar-refractivity contribution in [2.45, 2.75) is 37.7 Å². The standard InChI is InChI=1S/C14H16O3/c15-12(11-6-2-1-3-7-11)10-14(17)9-5-4-8-13(14)16/h1-3,6-7,17H,4-5,8-10H2. The third-order valence-electron chi connectivity index (χ3n) is 3.31. The van der Waals surface area contributed by atoms with Crippen LogP contribution in [-0.2, 0) is 4.79 Å². The molecule has 0 radical (unpaired) electrons. The molecule has 2 rings (SSSR count). The Morgan fingerprint density at radius 2 is 1.94 bits per heavy atom. The fourth-order valence-electron chi connectivity index (χ4n) is 2.25. The Morgan fingerprint density at radius 1 is 1.24 bits per heavy atom. The molecule has 0 bridgehead atoms. The van der Waals surface area contributed by atoms with Crippen molar-refractivity contribution >= 4 is 11.6 Å². The van der Waals surface area contributed by atoms with Crippen molar-refractivity contribution in [1.82, 2.24) is 0 Å². The zero-order chi connectivity index (χ0) is 12.3. The molecule has 3 nitrogen and oxygen atoms in total. The summed E-state index contributed by atoms with van der Waals surface area (Å²) in [7, 11) is 0. The summed E-state index contributed by atoms with van der Waals surface area (Å²) in [4.78, 5) is 23.6. The molecule has 1 aromatic carbocycles. The van der Waals surface area contributed by atoms with Gasteiger partial charge in [0.05, 0.1) is 0 Å². The van der Waals surface area contributed by atoms with Gasteiger partial charge in [-0.3, -0.25) is 9.59 Å². The highest BCUT2D eigenvalue weighted by Gasteiger charge is 2.39. The van der Waals surface area contributed by atoms with Crippen molar-refractivity contribution in [3.63, 3.8) is 0 Å². The molecule has 1 aromatic rings. The first-order valence-corrected chi connectivity index (χ1v) is 5.96. The van der Waals surface area contributed by atoms with Crippen molar-refractivity contribution in [3.8, 4) is 0 Å². The first-order valence-electron chi connectivity index (χ1n) is 5.96. The van der Waals surface area contributed by atoms with Crippen molar-refractivity contribution in [3.05, 3.63) is 35.9 Å². The molecule has 1 fully saturated rings. The van der Waals surface area contributed by atoms with Gasteiger partial charge < -0.3 is 5.11 Å². The predicted molar refractivity (Wildman–Crippen MR) is 63.8 cm³/mol. The van der Waals surface area contributed by atoms with Gasteiger partial charge in [0.25, 0.3) is 0 Å². The molecule has 0 aliphatic heterocycles. The maximum absolute atomic E-state index is 12.0. The molecular formula is C14H16O3. The zero-order valence-electron chi connectivity index (χ0n) is 9.69. The smallest absolute Gasteiger partial charge is 0.166 e. The second-order valence-electron chi connectivity index (χ2n) is 4.63. The first-order chi connectivity index (χ1) is 8.12. The van der Waals surface area contributed by atoms with E-state index in [1.165, 1.54) is 0 Å². The third-order valence-corrected chi connectivity index (χ3v) is 3.31. The summed E-state index contributed by atoms with van der Waals surface area (Å²) in [6, 6.07) is 8.80. The summed E-state index contributed by atoms with van der Waals surface area (Å²) >= 11 is 0. The van der Waals surface area contributed by atoms with Crippen LogP contribution in [0.25, 0.3) is 0 Å². The molecular weight excluding hydrogens is 216 g/mol. The highest BCUT2D eigenvalue weighted by atomic mass is 16.3. The van der Waals surface area contributed by atoms with E-state index in [0.717, 1.165) is 12.8 Å². The van der Waals surface area contributed by atoms with Gasteiger partial charge in [0.2, 0.25) is 0 Å². The van der Waals surface area contributed by atoms with Crippen LogP contribution >= 0.6 is 0 Å². The van der Waals surface area contributed by atoms with Gasteiger partial charge in [-0.2, -0.15) is 0 Å². The summed E-state index contributed by atoms with van der Waals surface area (Å²) in [5, 5.41) is 10.2. The molecule has 1 atom stereocenters. The normalized spacial score (nSPS) is 24.6. The van der Waals surface area contributed by atoms with Gasteiger partial charge in [0.15, 0.2) is 11.6 Å². The largest absolute Gasteiger partial charge is 0.382 e. The summed E-state index contributed by atoms with van der Waals surface area (Å²) < 4.78 is 0. The van der Waals surface area contributed by atoms with Crippen molar-refractivity contribution < 1.29 is 14.7 Å². The highest BCUT2D eigenvalue weighted by molar-refractivity contribution is 6.01. The quantitative estimate of drug-likeness (QED) is 0.812. The van der Waals surface area contributed by atoms with E-state index >= 15 is 0 Å². The monoisotopic (exact) mass is 232 g/mol. The molecule has 0 saturated heterocycles. The van der Waals surface area contributed by atoms with Crippen LogP contribution in [0.15, 0.2) is 30.3 Å². The minimum absolute atomic E-state index is 0.0875. The minimum atomic E-state index is -1.43. The van der Waals surface area contributed by atoms with Gasteiger partial charge in [0.1, 0.15) is 5.60 Å². The Morgan fingerprint density at radius 3 is 2.59 bits per heavy atom. The molecule has 1 aliphatic carbocycles. The Bertz CT molecular complexity index is 424. The summed E-state index contributed by atoms with van der Waals surface area (Å²) in [5.41, 5.74) is -0.871. The van der Waals surface area contributed by atoms with Crippen LogP contribution in [0.1, 0.15) is 42.5 Å². The Labute approximate surface area is 100 Å². The molecule has 3 heteroatoms. The van der Waals surface area contributed by atoms with Crippen LogP contribution in [0.4, 0.5) is 0 Å². The number of Topliss-reactive ketones (excluding diaryl/α,β-unsaturated/α-hetero) is 2. The van der Waals surface area contributed by atoms with Gasteiger partial charge in [-0.25, -0.2) is 0 Å². The van der Waals surface area contributed by atoms with E-state index in [0.29, 0.717) is 18.4 Å². The second kappa shape index (κ2) is 4.80. The number of carbonyl (C=O) groups is 2. The maximum Gasteiger partial charge on any atom is 0.166 e. The fourth-order valence-corrected chi connectivity index (χ4v) is 2.25. The first kappa shape index (κ1) is 12.0. The van der Waals surface area contributed by atoms with Crippen LogP contribution in [0, 0.1) is 0 Å². The fraction of sp³-hybridized carbons (Fsp3) is 0.429. The van der Waals surface area contributed by atoms with Crippen LogP contribution in [0.5, 0.6) is 0 Å². The number of aliphatic hydroxyl groups is 1. The summed E-state index contributed by atoms with van der Waals surface area (Å²) in [5.74, 6) is -0.351. The molecule has 0 amide bonds. The van der Waals surface area contributed by atoms with Gasteiger partial charge in [-0.05, 0) is 19.3 Å². The zero-order valence-corrected chi connectivity index (χ0v) is 9.69. The van der Waals surface area contributed by atoms with E-state index < -0.39 is 5.60 Å². The topological polar surface area (TPSA) is 54.4 Å². The van der Waals surface area contributed by atoms with E-state index in [1.807, 2.05) is 6.07 Å². The molecule has 0 heterocycles. The number of benzene rings is 1. The van der Waals surface area contributed by atoms with Crippen LogP contribution in [0.3, 0.4) is 0 Å². The molecule has 1 unspecified atom stereocenters. The van der Waals surface area contributed by atoms with Gasteiger partial charge >= 0.3 is 0 Å². The average molecular weight is 232 g/mol. The Hall–Kier alpha value is -1.48. The Kier molecular flexibility index (Phi) is 3.38. The van der Waals surface area contributed by atoms with E-state index in [1.54, 1.807) is 24.3 Å². The van der Waals surface area contributed by atoms with E-state index in [-0.39, 0.29) is 18.0 Å². The third kappa shape index (κ3) is 2.61. The van der Waals surface area contributed by atoms with E-state index in [9.17, 15) is 14.7 Å². The van der Waals surface area contributed by atoms with Crippen molar-refractivity contribution in [2.75, 3.05) is 0 Å². The Balaban J connectivity index is 2.10. The lowest BCUT2D eigenvalue weighted by atomic mass is 9.79. The van der Waals surface area contributed by atoms with Gasteiger partial charge in [-0.1, -0.05) is 30.3 Å². The minimum Gasteiger partial charge on any atom is -0.382 e. The number of carbonyl (C=O) groups excluding carboxylic acids is 2. The van der Waals surface area contributed by atoms with E-state index in [2.05, 4.69) is 0 Å². The molecule has 1 saturated carbocycles. The molecule has 1 N–H and O–H groups in total. The predicted octanol–water partition coefficient (Wildman–Crippen LogP) is 2.13. The number of ketones is 2. The number of hydrogen-bond donors (Lipinski definition) is 1. The molecule has 90 valence electrons.